The van der Waals surface area contributed by atoms with Gasteiger partial charge in [0.25, 0.3) is 0 Å². The molecule has 0 aliphatic rings. The molecule has 0 aliphatic heterocycles. The van der Waals surface area contributed by atoms with E-state index in [2.05, 4.69) is 31.2 Å². The highest BCUT2D eigenvalue weighted by Gasteiger charge is 2.16. The molecule has 4 rings (SSSR count). The van der Waals surface area contributed by atoms with E-state index < -0.39 is 0 Å². The first-order valence-corrected chi connectivity index (χ1v) is 12.8. The highest BCUT2D eigenvalue weighted by atomic mass is 16.5. The summed E-state index contributed by atoms with van der Waals surface area (Å²) in [5.74, 6) is 1.21. The molecular formula is C32H35NO4. The molecule has 3 aromatic carbocycles. The van der Waals surface area contributed by atoms with Crippen molar-refractivity contribution in [2.45, 2.75) is 45.4 Å². The Labute approximate surface area is 219 Å². The summed E-state index contributed by atoms with van der Waals surface area (Å²) in [5, 5.41) is 0. The second-order valence-corrected chi connectivity index (χ2v) is 8.82. The van der Waals surface area contributed by atoms with Crippen LogP contribution in [-0.4, -0.2) is 23.0 Å². The lowest BCUT2D eigenvalue weighted by Crippen LogP contribution is -2.02. The number of esters is 1. The molecule has 0 saturated heterocycles. The van der Waals surface area contributed by atoms with Crippen LogP contribution >= 0.6 is 0 Å². The predicted octanol–water partition coefficient (Wildman–Crippen LogP) is 7.11. The summed E-state index contributed by atoms with van der Waals surface area (Å²) < 4.78 is 11.5. The van der Waals surface area contributed by atoms with Crippen LogP contribution in [0, 0.1) is 0 Å². The molecular weight excluding hydrogens is 462 g/mol. The number of carbonyl (C=O) groups excluding carboxylic acids is 1. The number of carbonyl (C=O) groups is 1. The first-order valence-electron chi connectivity index (χ1n) is 12.8. The van der Waals surface area contributed by atoms with Crippen LogP contribution in [0.1, 0.15) is 49.6 Å². The van der Waals surface area contributed by atoms with Crippen molar-refractivity contribution in [1.29, 1.82) is 0 Å². The van der Waals surface area contributed by atoms with Gasteiger partial charge in [0.15, 0.2) is 11.7 Å². The summed E-state index contributed by atoms with van der Waals surface area (Å²) in [4.78, 5) is 16.8. The van der Waals surface area contributed by atoms with Crippen molar-refractivity contribution in [3.63, 3.8) is 0 Å². The van der Waals surface area contributed by atoms with Crippen LogP contribution in [0.4, 0.5) is 0 Å². The van der Waals surface area contributed by atoms with Crippen molar-refractivity contribution in [3.8, 4) is 22.6 Å². The molecule has 0 spiro atoms. The molecule has 0 bridgehead atoms. The van der Waals surface area contributed by atoms with Crippen molar-refractivity contribution in [2.75, 3.05) is 6.61 Å². The van der Waals surface area contributed by atoms with E-state index in [1.54, 1.807) is 0 Å². The zero-order valence-electron chi connectivity index (χ0n) is 21.4. The Kier molecular flexibility index (Phi) is 10.9. The molecule has 1 aromatic heterocycles. The lowest BCUT2D eigenvalue weighted by atomic mass is 10.1. The number of oxazole rings is 1. The van der Waals surface area contributed by atoms with Crippen LogP contribution in [0.3, 0.4) is 0 Å². The highest BCUT2D eigenvalue weighted by Crippen LogP contribution is 2.32. The summed E-state index contributed by atoms with van der Waals surface area (Å²) in [6.07, 6.45) is 9.14. The van der Waals surface area contributed by atoms with Gasteiger partial charge in [-0.1, -0.05) is 111 Å². The summed E-state index contributed by atoms with van der Waals surface area (Å²) in [6.45, 7) is 2.65. The van der Waals surface area contributed by atoms with Gasteiger partial charge in [-0.05, 0) is 30.0 Å². The molecule has 192 valence electrons. The Morgan fingerprint density at radius 3 is 2.32 bits per heavy atom. The number of hydrogen-bond donors (Lipinski definition) is 0. The molecule has 0 aliphatic carbocycles. The van der Waals surface area contributed by atoms with Gasteiger partial charge in [0.2, 0.25) is 0 Å². The van der Waals surface area contributed by atoms with E-state index in [0.717, 1.165) is 53.0 Å². The molecule has 0 fully saturated rings. The normalized spacial score (nSPS) is 10.8. The predicted molar refractivity (Wildman–Crippen MR) is 149 cm³/mol. The van der Waals surface area contributed by atoms with Crippen LogP contribution in [0.15, 0.2) is 95.4 Å². The third-order valence-electron chi connectivity index (χ3n) is 5.99. The third-order valence-corrected chi connectivity index (χ3v) is 5.99. The van der Waals surface area contributed by atoms with E-state index in [9.17, 15) is 4.79 Å². The number of hydrogen-bond acceptors (Lipinski definition) is 4. The van der Waals surface area contributed by atoms with Gasteiger partial charge in [-0.15, -0.1) is 0 Å². The Morgan fingerprint density at radius 1 is 0.865 bits per heavy atom. The molecule has 2 N–H and O–H groups in total. The fraction of sp³-hybridized carbons (Fsp3) is 0.250. The number of ether oxygens (including phenoxy) is 1. The maximum Gasteiger partial charge on any atom is 0.330 e. The average Bonchev–Trinajstić information content (AvgIpc) is 3.36. The van der Waals surface area contributed by atoms with E-state index in [1.807, 2.05) is 66.7 Å². The Bertz CT molecular complexity index is 1210. The third kappa shape index (κ3) is 8.29. The minimum absolute atomic E-state index is 0. The van der Waals surface area contributed by atoms with Crippen LogP contribution in [0.5, 0.6) is 0 Å². The monoisotopic (exact) mass is 497 g/mol. The van der Waals surface area contributed by atoms with Crippen LogP contribution in [-0.2, 0) is 22.4 Å². The summed E-state index contributed by atoms with van der Waals surface area (Å²) >= 11 is 0. The number of unbranched alkanes of at least 4 members (excludes halogenated alkanes) is 3. The minimum atomic E-state index is -0.293. The van der Waals surface area contributed by atoms with Crippen molar-refractivity contribution in [3.05, 3.63) is 108 Å². The molecule has 5 heteroatoms. The van der Waals surface area contributed by atoms with Gasteiger partial charge < -0.3 is 14.6 Å². The first-order chi connectivity index (χ1) is 17.7. The fourth-order valence-corrected chi connectivity index (χ4v) is 4.07. The molecule has 5 nitrogen and oxygen atoms in total. The Morgan fingerprint density at radius 2 is 1.59 bits per heavy atom. The van der Waals surface area contributed by atoms with Gasteiger partial charge in [-0.3, -0.25) is 0 Å². The Balaban J connectivity index is 0.00000380. The summed E-state index contributed by atoms with van der Waals surface area (Å²) in [6, 6.07) is 28.4. The van der Waals surface area contributed by atoms with Crippen LogP contribution in [0.2, 0.25) is 0 Å². The smallest absolute Gasteiger partial charge is 0.330 e. The van der Waals surface area contributed by atoms with E-state index in [-0.39, 0.29) is 11.4 Å². The van der Waals surface area contributed by atoms with Crippen LogP contribution in [0.25, 0.3) is 28.7 Å². The molecule has 37 heavy (non-hydrogen) atoms. The van der Waals surface area contributed by atoms with Crippen LogP contribution < -0.4 is 0 Å². The van der Waals surface area contributed by atoms with E-state index in [0.29, 0.717) is 18.9 Å². The average molecular weight is 498 g/mol. The molecule has 4 aromatic rings. The van der Waals surface area contributed by atoms with Gasteiger partial charge >= 0.3 is 5.97 Å². The molecule has 0 saturated carbocycles. The number of aromatic nitrogens is 1. The van der Waals surface area contributed by atoms with Crippen molar-refractivity contribution in [2.24, 2.45) is 0 Å². The number of aryl methyl sites for hydroxylation is 2. The second kappa shape index (κ2) is 14.6. The number of benzene rings is 3. The van der Waals surface area contributed by atoms with Gasteiger partial charge in [-0.2, -0.15) is 0 Å². The maximum absolute atomic E-state index is 12.0. The minimum Gasteiger partial charge on any atom is -0.463 e. The first kappa shape index (κ1) is 27.6. The number of rotatable bonds is 12. The van der Waals surface area contributed by atoms with Gasteiger partial charge in [0.1, 0.15) is 5.69 Å². The van der Waals surface area contributed by atoms with Crippen molar-refractivity contribution >= 4 is 12.0 Å². The topological polar surface area (TPSA) is 83.8 Å². The van der Waals surface area contributed by atoms with Gasteiger partial charge in [-0.25, -0.2) is 9.78 Å². The van der Waals surface area contributed by atoms with Gasteiger partial charge in [0.05, 0.1) is 6.61 Å². The lowest BCUT2D eigenvalue weighted by molar-refractivity contribution is -0.137. The molecule has 0 amide bonds. The lowest BCUT2D eigenvalue weighted by Gasteiger charge is -2.02. The second-order valence-electron chi connectivity index (χ2n) is 8.82. The zero-order chi connectivity index (χ0) is 25.0. The van der Waals surface area contributed by atoms with E-state index >= 15 is 0 Å². The molecule has 0 unspecified atom stereocenters. The summed E-state index contributed by atoms with van der Waals surface area (Å²) in [5.41, 5.74) is 5.04. The fourth-order valence-electron chi connectivity index (χ4n) is 4.07. The van der Waals surface area contributed by atoms with Gasteiger partial charge in [0, 0.05) is 23.6 Å². The highest BCUT2D eigenvalue weighted by molar-refractivity contribution is 5.87. The molecule has 0 atom stereocenters. The molecule has 1 heterocycles. The quantitative estimate of drug-likeness (QED) is 0.119. The molecule has 0 radical (unpaired) electrons. The Hall–Kier alpha value is -3.96. The SMILES string of the molecule is CCCCCCOC(=O)C=Cc1cccc(CCc2nc(-c3ccccc3)c(-c3ccccc3)o2)c1.O. The van der Waals surface area contributed by atoms with E-state index in [4.69, 9.17) is 14.1 Å². The van der Waals surface area contributed by atoms with Crippen molar-refractivity contribution < 1.29 is 19.4 Å². The largest absolute Gasteiger partial charge is 0.463 e. The zero-order valence-corrected chi connectivity index (χ0v) is 21.4. The van der Waals surface area contributed by atoms with E-state index in [1.165, 1.54) is 18.9 Å². The summed E-state index contributed by atoms with van der Waals surface area (Å²) in [7, 11) is 0. The number of nitrogens with zero attached hydrogens (tertiary/aromatic N) is 1. The standard InChI is InChI=1S/C32H33NO3.H2O/c1-2-3-4-11-23-35-30(34)22-20-26-14-12-13-25(24-26)19-21-29-33-31(27-15-7-5-8-16-27)32(36-29)28-17-9-6-10-18-28;/h5-10,12-18,20,22,24H,2-4,11,19,21,23H2,1H3;1H2. The maximum atomic E-state index is 12.0. The van der Waals surface area contributed by atoms with Crippen molar-refractivity contribution in [1.82, 2.24) is 4.98 Å².